The normalized spacial score (nSPS) is 11.9. The molecule has 0 radical (unpaired) electrons. The maximum Gasteiger partial charge on any atom is 0.423 e. The van der Waals surface area contributed by atoms with Crippen molar-refractivity contribution < 1.29 is 56.9 Å². The van der Waals surface area contributed by atoms with E-state index in [0.717, 1.165) is 24.7 Å². The molecule has 0 saturated heterocycles. The number of ether oxygens (including phenoxy) is 2. The molecule has 0 saturated carbocycles. The molecule has 18 heteroatoms. The van der Waals surface area contributed by atoms with Gasteiger partial charge in [-0.3, -0.25) is 14.4 Å². The first-order chi connectivity index (χ1) is 23.0. The number of rotatable bonds is 12. The molecular weight excluding hydrogens is 709 g/mol. The predicted molar refractivity (Wildman–Crippen MR) is 174 cm³/mol. The van der Waals surface area contributed by atoms with Crippen LogP contribution in [0.3, 0.4) is 0 Å². The summed E-state index contributed by atoms with van der Waals surface area (Å²) in [5, 5.41) is 17.1. The van der Waals surface area contributed by atoms with Gasteiger partial charge >= 0.3 is 24.1 Å². The second kappa shape index (κ2) is 18.5. The monoisotopic (exact) mass is 739 g/mol. The van der Waals surface area contributed by atoms with Gasteiger partial charge in [-0.05, 0) is 30.2 Å². The van der Waals surface area contributed by atoms with Gasteiger partial charge in [0.05, 0.1) is 11.1 Å². The molecule has 262 valence electrons. The minimum absolute atomic E-state index is 0.0535. The van der Waals surface area contributed by atoms with Crippen molar-refractivity contribution in [2.24, 2.45) is 5.73 Å². The molecule has 0 aliphatic carbocycles. The first-order valence-corrected chi connectivity index (χ1v) is 16.1. The number of sulfonamides is 1. The van der Waals surface area contributed by atoms with Gasteiger partial charge in [-0.2, -0.15) is 0 Å². The van der Waals surface area contributed by atoms with Gasteiger partial charge in [-0.25, -0.2) is 27.2 Å². The Kier molecular flexibility index (Phi) is 15.2. The molecule has 4 N–H and O–H groups in total. The molecule has 0 fully saturated rings. The highest BCUT2D eigenvalue weighted by Crippen LogP contribution is 2.37. The van der Waals surface area contributed by atoms with Crippen molar-refractivity contribution in [3.63, 3.8) is 0 Å². The van der Waals surface area contributed by atoms with Crippen molar-refractivity contribution in [3.05, 3.63) is 99.5 Å². The minimum Gasteiger partial charge on any atom is -0.480 e. The average Bonchev–Trinajstić information content (AvgIpc) is 3.06. The van der Waals surface area contributed by atoms with Crippen LogP contribution in [-0.4, -0.2) is 83.8 Å². The molecule has 49 heavy (non-hydrogen) atoms. The number of carboxylic acids is 2. The molecule has 3 amide bonds. The third-order valence-corrected chi connectivity index (χ3v) is 8.89. The summed E-state index contributed by atoms with van der Waals surface area (Å²) in [4.78, 5) is 68.6. The van der Waals surface area contributed by atoms with Gasteiger partial charge in [-0.1, -0.05) is 83.9 Å². The topological polar surface area (TPSA) is 228 Å². The first kappa shape index (κ1) is 40.1. The van der Waals surface area contributed by atoms with E-state index in [9.17, 15) is 37.2 Å². The second-order valence-electron chi connectivity index (χ2n) is 9.88. The summed E-state index contributed by atoms with van der Waals surface area (Å²) in [6, 6.07) is 18.5. The number of nitrogens with two attached hydrogens (primary N) is 1. The lowest BCUT2D eigenvalue weighted by Crippen LogP contribution is -2.47. The molecule has 3 rings (SSSR count). The second-order valence-corrected chi connectivity index (χ2v) is 12.6. The van der Waals surface area contributed by atoms with Crippen LogP contribution in [-0.2, 0) is 51.9 Å². The first-order valence-electron chi connectivity index (χ1n) is 13.9. The average molecular weight is 741 g/mol. The van der Waals surface area contributed by atoms with Gasteiger partial charge in [0.15, 0.2) is 0 Å². The van der Waals surface area contributed by atoms with Gasteiger partial charge in [0.25, 0.3) is 10.0 Å². The van der Waals surface area contributed by atoms with E-state index in [1.165, 1.54) is 6.92 Å². The summed E-state index contributed by atoms with van der Waals surface area (Å²) in [6.45, 7) is 0.364. The molecule has 2 atom stereocenters. The van der Waals surface area contributed by atoms with Crippen molar-refractivity contribution in [1.82, 2.24) is 9.21 Å². The molecule has 0 aliphatic rings. The summed E-state index contributed by atoms with van der Waals surface area (Å²) in [5.41, 5.74) is 6.35. The summed E-state index contributed by atoms with van der Waals surface area (Å²) in [5.74, 6) is -5.46. The van der Waals surface area contributed by atoms with Crippen LogP contribution < -0.4 is 5.73 Å². The number of carbonyl (C=O) groups is 6. The zero-order valence-electron chi connectivity index (χ0n) is 25.9. The van der Waals surface area contributed by atoms with Gasteiger partial charge < -0.3 is 30.2 Å². The van der Waals surface area contributed by atoms with Crippen molar-refractivity contribution in [3.8, 4) is 0 Å². The SMILES string of the molecule is CN(C(=O)OCc1ccccc1)S(=O)(=O)c1ccc(Cl)c(C(C=O)C(=O)O)c1Cl.C[C@H](N)C(=O)N(CC(=O)O)C(=O)OCc1ccccc1. The maximum atomic E-state index is 12.8. The summed E-state index contributed by atoms with van der Waals surface area (Å²) >= 11 is 12.0. The number of benzene rings is 3. The number of imide groups is 1. The van der Waals surface area contributed by atoms with E-state index in [2.05, 4.69) is 0 Å². The number of carboxylic acid groups (broad SMARTS) is 2. The lowest BCUT2D eigenvalue weighted by Gasteiger charge is -2.20. The molecule has 3 aromatic rings. The highest BCUT2D eigenvalue weighted by molar-refractivity contribution is 7.89. The van der Waals surface area contributed by atoms with Crippen LogP contribution in [0.25, 0.3) is 0 Å². The molecule has 0 heterocycles. The number of nitrogens with zero attached hydrogens (tertiary/aromatic N) is 2. The molecule has 3 aromatic carbocycles. The Labute approximate surface area is 290 Å². The number of carbonyl (C=O) groups excluding carboxylic acids is 4. The minimum atomic E-state index is -4.52. The largest absolute Gasteiger partial charge is 0.480 e. The molecule has 1 unspecified atom stereocenters. The van der Waals surface area contributed by atoms with Crippen LogP contribution in [0.4, 0.5) is 9.59 Å². The van der Waals surface area contributed by atoms with Gasteiger partial charge in [0.1, 0.15) is 36.9 Å². The summed E-state index contributed by atoms with van der Waals surface area (Å²) in [6.07, 6.45) is -2.13. The molecule has 0 spiro atoms. The smallest absolute Gasteiger partial charge is 0.423 e. The Hall–Kier alpha value is -5.03. The van der Waals surface area contributed by atoms with E-state index in [4.69, 9.17) is 48.6 Å². The Bertz CT molecular complexity index is 1770. The van der Waals surface area contributed by atoms with Crippen molar-refractivity contribution in [2.75, 3.05) is 13.6 Å². The van der Waals surface area contributed by atoms with Crippen molar-refractivity contribution in [2.45, 2.75) is 37.0 Å². The molecule has 15 nitrogen and oxygen atoms in total. The number of halogens is 2. The van der Waals surface area contributed by atoms with Gasteiger partial charge in [0.2, 0.25) is 5.91 Å². The fourth-order valence-electron chi connectivity index (χ4n) is 3.75. The van der Waals surface area contributed by atoms with Crippen LogP contribution in [0, 0.1) is 0 Å². The number of hydrogen-bond acceptors (Lipinski definition) is 11. The Balaban J connectivity index is 0.000000365. The highest BCUT2D eigenvalue weighted by Gasteiger charge is 2.34. The maximum absolute atomic E-state index is 12.8. The lowest BCUT2D eigenvalue weighted by molar-refractivity contribution is -0.143. The fourth-order valence-corrected chi connectivity index (χ4v) is 5.77. The molecule has 0 aromatic heterocycles. The van der Waals surface area contributed by atoms with Crippen LogP contribution in [0.1, 0.15) is 29.5 Å². The Morgan fingerprint density at radius 3 is 1.78 bits per heavy atom. The van der Waals surface area contributed by atoms with E-state index in [-0.39, 0.29) is 30.1 Å². The van der Waals surface area contributed by atoms with Crippen LogP contribution in [0.2, 0.25) is 10.0 Å². The molecule has 0 bridgehead atoms. The van der Waals surface area contributed by atoms with Gasteiger partial charge in [0, 0.05) is 17.6 Å². The number of amides is 3. The predicted octanol–water partition coefficient (Wildman–Crippen LogP) is 3.90. The number of aldehydes is 1. The summed E-state index contributed by atoms with van der Waals surface area (Å²) in [7, 11) is -3.56. The number of aliphatic carboxylic acids is 2. The van der Waals surface area contributed by atoms with Crippen LogP contribution >= 0.6 is 23.2 Å². The standard InChI is InChI=1S/C18H15Cl2NO7S.C13H16N2O5/c1-21(18(25)28-10-11-5-3-2-4-6-11)29(26,27)14-8-7-13(19)15(16(14)20)12(9-22)17(23)24;1-9(14)12(18)15(7-11(16)17)13(19)20-8-10-5-3-2-4-6-10/h2-9,12H,10H2,1H3,(H,23,24);2-6,9H,7-8,14H2,1H3,(H,16,17)/t;9-/m.0/s1. The van der Waals surface area contributed by atoms with E-state index >= 15 is 0 Å². The third kappa shape index (κ3) is 11.3. The quantitative estimate of drug-likeness (QED) is 0.177. The highest BCUT2D eigenvalue weighted by atomic mass is 35.5. The zero-order chi connectivity index (χ0) is 36.9. The Morgan fingerprint density at radius 1 is 0.857 bits per heavy atom. The zero-order valence-corrected chi connectivity index (χ0v) is 28.2. The molecule has 0 aliphatic heterocycles. The van der Waals surface area contributed by atoms with Gasteiger partial charge in [-0.15, -0.1) is 0 Å². The van der Waals surface area contributed by atoms with E-state index in [1.807, 2.05) is 6.07 Å². The van der Waals surface area contributed by atoms with E-state index in [1.54, 1.807) is 54.6 Å². The van der Waals surface area contributed by atoms with Crippen LogP contribution in [0.5, 0.6) is 0 Å². The van der Waals surface area contributed by atoms with Crippen molar-refractivity contribution >= 4 is 69.5 Å². The Morgan fingerprint density at radius 2 is 1.35 bits per heavy atom. The van der Waals surface area contributed by atoms with E-state index in [0.29, 0.717) is 14.8 Å². The summed E-state index contributed by atoms with van der Waals surface area (Å²) < 4.78 is 35.8. The fraction of sp³-hybridized carbons (Fsp3) is 0.226. The van der Waals surface area contributed by atoms with Crippen molar-refractivity contribution in [1.29, 1.82) is 0 Å². The van der Waals surface area contributed by atoms with Crippen LogP contribution in [0.15, 0.2) is 77.7 Å². The third-order valence-electron chi connectivity index (χ3n) is 6.28. The molecular formula is C31H31Cl2N3O12S. The van der Waals surface area contributed by atoms with E-state index < -0.39 is 68.5 Å². The lowest BCUT2D eigenvalue weighted by atomic mass is 10.0. The number of hydrogen-bond donors (Lipinski definition) is 3.